The fraction of sp³-hybridized carbons (Fsp3) is 0.440. The number of pyridine rings is 2. The van der Waals surface area contributed by atoms with Crippen molar-refractivity contribution in [2.45, 2.75) is 70.5 Å². The highest BCUT2D eigenvalue weighted by atomic mass is 16.2. The van der Waals surface area contributed by atoms with Gasteiger partial charge in [-0.25, -0.2) is 4.98 Å². The summed E-state index contributed by atoms with van der Waals surface area (Å²) in [5, 5.41) is 5.82. The summed E-state index contributed by atoms with van der Waals surface area (Å²) < 4.78 is 3.76. The van der Waals surface area contributed by atoms with Crippen molar-refractivity contribution < 1.29 is 9.59 Å². The summed E-state index contributed by atoms with van der Waals surface area (Å²) in [5.41, 5.74) is 2.12. The summed E-state index contributed by atoms with van der Waals surface area (Å²) in [6.45, 7) is 2.20. The maximum atomic E-state index is 13.1. The number of hydrogen-bond donors (Lipinski definition) is 2. The van der Waals surface area contributed by atoms with Gasteiger partial charge in [0, 0.05) is 36.9 Å². The molecule has 3 heterocycles. The van der Waals surface area contributed by atoms with Crippen LogP contribution in [0.25, 0.3) is 5.65 Å². The van der Waals surface area contributed by atoms with E-state index in [1.807, 2.05) is 40.4 Å². The van der Waals surface area contributed by atoms with Gasteiger partial charge >= 0.3 is 0 Å². The quantitative estimate of drug-likeness (QED) is 0.607. The predicted octanol–water partition coefficient (Wildman–Crippen LogP) is 3.13. The average molecular weight is 448 g/mol. The fourth-order valence-electron chi connectivity index (χ4n) is 4.52. The highest BCUT2D eigenvalue weighted by molar-refractivity contribution is 5.99. The Bertz CT molecular complexity index is 1260. The van der Waals surface area contributed by atoms with Crippen molar-refractivity contribution >= 4 is 17.5 Å². The Morgan fingerprint density at radius 3 is 2.42 bits per heavy atom. The van der Waals surface area contributed by atoms with E-state index in [1.165, 1.54) is 6.42 Å². The number of amides is 2. The number of nitrogens with zero attached hydrogens (tertiary/aromatic N) is 3. The van der Waals surface area contributed by atoms with E-state index in [1.54, 1.807) is 12.4 Å². The molecule has 2 fully saturated rings. The smallest absolute Gasteiger partial charge is 0.257 e. The van der Waals surface area contributed by atoms with Crippen molar-refractivity contribution in [1.82, 2.24) is 24.6 Å². The molecule has 0 aliphatic heterocycles. The summed E-state index contributed by atoms with van der Waals surface area (Å²) in [6, 6.07) is 4.23. The summed E-state index contributed by atoms with van der Waals surface area (Å²) in [7, 11) is 0. The minimum Gasteiger partial charge on any atom is -0.349 e. The second-order valence-corrected chi connectivity index (χ2v) is 9.29. The highest BCUT2D eigenvalue weighted by Gasteiger charge is 2.28. The molecule has 0 atom stereocenters. The van der Waals surface area contributed by atoms with Gasteiger partial charge in [-0.05, 0) is 44.2 Å². The van der Waals surface area contributed by atoms with Crippen molar-refractivity contribution in [3.8, 4) is 0 Å². The van der Waals surface area contributed by atoms with Gasteiger partial charge in [0.05, 0.1) is 12.2 Å². The number of fused-ring (bicyclic) bond motifs is 1. The summed E-state index contributed by atoms with van der Waals surface area (Å²) >= 11 is 0. The van der Waals surface area contributed by atoms with E-state index in [0.29, 0.717) is 5.69 Å². The second-order valence-electron chi connectivity index (χ2n) is 9.29. The number of nitrogens with one attached hydrogen (secondary N) is 2. The normalized spacial score (nSPS) is 16.6. The van der Waals surface area contributed by atoms with Crippen molar-refractivity contribution in [3.63, 3.8) is 0 Å². The van der Waals surface area contributed by atoms with Crippen LogP contribution in [0, 0.1) is 6.92 Å². The van der Waals surface area contributed by atoms with Crippen molar-refractivity contribution in [3.05, 3.63) is 69.5 Å². The van der Waals surface area contributed by atoms with Crippen LogP contribution in [0.4, 0.5) is 0 Å². The number of aryl methyl sites for hydroxylation is 1. The molecule has 0 unspecified atom stereocenters. The number of aromatic nitrogens is 3. The van der Waals surface area contributed by atoms with E-state index in [9.17, 15) is 14.4 Å². The zero-order valence-corrected chi connectivity index (χ0v) is 18.8. The molecule has 2 aliphatic carbocycles. The van der Waals surface area contributed by atoms with Gasteiger partial charge in [-0.1, -0.05) is 25.3 Å². The molecule has 5 rings (SSSR count). The molecule has 0 saturated heterocycles. The molecule has 2 saturated carbocycles. The van der Waals surface area contributed by atoms with Gasteiger partial charge in [-0.3, -0.25) is 14.4 Å². The molecule has 0 radical (unpaired) electrons. The van der Waals surface area contributed by atoms with Crippen molar-refractivity contribution in [2.24, 2.45) is 0 Å². The number of hydrogen-bond acceptors (Lipinski definition) is 4. The third kappa shape index (κ3) is 4.69. The van der Waals surface area contributed by atoms with Crippen LogP contribution < -0.4 is 16.1 Å². The zero-order valence-electron chi connectivity index (χ0n) is 18.8. The maximum Gasteiger partial charge on any atom is 0.257 e. The summed E-state index contributed by atoms with van der Waals surface area (Å²) in [4.78, 5) is 43.6. The second kappa shape index (κ2) is 8.84. The van der Waals surface area contributed by atoms with E-state index in [0.717, 1.165) is 49.7 Å². The van der Waals surface area contributed by atoms with Crippen LogP contribution in [0.2, 0.25) is 0 Å². The molecule has 0 aromatic carbocycles. The van der Waals surface area contributed by atoms with Crippen LogP contribution in [0.5, 0.6) is 0 Å². The van der Waals surface area contributed by atoms with E-state index < -0.39 is 11.3 Å². The fourth-order valence-corrected chi connectivity index (χ4v) is 4.52. The highest BCUT2D eigenvalue weighted by Crippen LogP contribution is 2.34. The van der Waals surface area contributed by atoms with E-state index in [2.05, 4.69) is 15.6 Å². The van der Waals surface area contributed by atoms with Gasteiger partial charge in [-0.15, -0.1) is 0 Å². The number of imidazole rings is 1. The lowest BCUT2D eigenvalue weighted by Gasteiger charge is -2.23. The molecule has 8 nitrogen and oxygen atoms in total. The molecule has 8 heteroatoms. The monoisotopic (exact) mass is 447 g/mol. The standard InChI is InChI=1S/C25H29N5O3/c1-16-7-10-22-27-18(13-30(22)12-16)11-26-24(32)20-14-29(19-8-9-19)15-21(23(20)31)25(33)28-17-5-3-2-4-6-17/h7,10,12-15,17,19H,2-6,8-9,11H2,1H3,(H,26,32)(H,28,33). The lowest BCUT2D eigenvalue weighted by molar-refractivity contribution is 0.0925. The van der Waals surface area contributed by atoms with E-state index in [-0.39, 0.29) is 35.7 Å². The van der Waals surface area contributed by atoms with Crippen LogP contribution in [0.1, 0.15) is 83.0 Å². The number of rotatable bonds is 6. The molecule has 2 amide bonds. The lowest BCUT2D eigenvalue weighted by Crippen LogP contribution is -2.40. The zero-order chi connectivity index (χ0) is 22.9. The third-order valence-electron chi connectivity index (χ3n) is 6.52. The first-order chi connectivity index (χ1) is 16.0. The largest absolute Gasteiger partial charge is 0.349 e. The van der Waals surface area contributed by atoms with E-state index in [4.69, 9.17) is 0 Å². The van der Waals surface area contributed by atoms with Gasteiger partial charge in [-0.2, -0.15) is 0 Å². The van der Waals surface area contributed by atoms with Gasteiger partial charge in [0.2, 0.25) is 5.43 Å². The Morgan fingerprint density at radius 1 is 0.970 bits per heavy atom. The van der Waals surface area contributed by atoms with Gasteiger partial charge in [0.1, 0.15) is 16.8 Å². The molecule has 2 N–H and O–H groups in total. The Kier molecular flexibility index (Phi) is 5.74. The van der Waals surface area contributed by atoms with Gasteiger partial charge < -0.3 is 19.6 Å². The van der Waals surface area contributed by atoms with E-state index >= 15 is 0 Å². The Morgan fingerprint density at radius 2 is 1.70 bits per heavy atom. The molecule has 3 aromatic heterocycles. The first-order valence-electron chi connectivity index (χ1n) is 11.8. The Balaban J connectivity index is 1.36. The average Bonchev–Trinajstić information content (AvgIpc) is 3.58. The third-order valence-corrected chi connectivity index (χ3v) is 6.52. The Labute approximate surface area is 192 Å². The number of carbonyl (C=O) groups is 2. The molecule has 2 aliphatic rings. The molecule has 0 bridgehead atoms. The van der Waals surface area contributed by atoms with Crippen LogP contribution in [-0.2, 0) is 6.54 Å². The molecular weight excluding hydrogens is 418 g/mol. The minimum atomic E-state index is -0.525. The van der Waals surface area contributed by atoms with Crippen LogP contribution in [0.15, 0.2) is 41.7 Å². The van der Waals surface area contributed by atoms with Crippen molar-refractivity contribution in [2.75, 3.05) is 0 Å². The molecule has 33 heavy (non-hydrogen) atoms. The Hall–Kier alpha value is -3.42. The van der Waals surface area contributed by atoms with Crippen LogP contribution in [-0.4, -0.2) is 31.8 Å². The van der Waals surface area contributed by atoms with Crippen LogP contribution >= 0.6 is 0 Å². The molecule has 0 spiro atoms. The topological polar surface area (TPSA) is 97.5 Å². The SMILES string of the molecule is Cc1ccc2nc(CNC(=O)c3cn(C4CC4)cc(C(=O)NC4CCCCC4)c3=O)cn2c1. The lowest BCUT2D eigenvalue weighted by atomic mass is 9.95. The minimum absolute atomic E-state index is 0.00203. The van der Waals surface area contributed by atoms with Crippen LogP contribution in [0.3, 0.4) is 0 Å². The van der Waals surface area contributed by atoms with Crippen molar-refractivity contribution in [1.29, 1.82) is 0 Å². The summed E-state index contributed by atoms with van der Waals surface area (Å²) in [5.74, 6) is -0.873. The first-order valence-corrected chi connectivity index (χ1v) is 11.8. The molecule has 3 aromatic rings. The van der Waals surface area contributed by atoms with Gasteiger partial charge in [0.25, 0.3) is 11.8 Å². The maximum absolute atomic E-state index is 13.1. The molecular formula is C25H29N5O3. The predicted molar refractivity (Wildman–Crippen MR) is 124 cm³/mol. The summed E-state index contributed by atoms with van der Waals surface area (Å²) in [6.07, 6.45) is 14.2. The molecule has 172 valence electrons. The first kappa shape index (κ1) is 21.4. The number of carbonyl (C=O) groups excluding carboxylic acids is 2. The van der Waals surface area contributed by atoms with Gasteiger partial charge in [0.15, 0.2) is 0 Å².